The molecule has 106 valence electrons. The number of rotatable bonds is 3. The molecule has 0 radical (unpaired) electrons. The molecule has 0 unspecified atom stereocenters. The largest absolute Gasteiger partial charge is 0.384 e. The summed E-state index contributed by atoms with van der Waals surface area (Å²) >= 11 is 1.43. The van der Waals surface area contributed by atoms with E-state index in [1.165, 1.54) is 17.3 Å². The van der Waals surface area contributed by atoms with E-state index in [9.17, 15) is 0 Å². The van der Waals surface area contributed by atoms with Crippen LogP contribution in [0.2, 0.25) is 0 Å². The van der Waals surface area contributed by atoms with Gasteiger partial charge in [0.1, 0.15) is 10.9 Å². The number of aromatic nitrogens is 3. The lowest BCUT2D eigenvalue weighted by Gasteiger charge is -2.03. The van der Waals surface area contributed by atoms with Crippen LogP contribution in [0.1, 0.15) is 16.8 Å². The maximum atomic E-state index is 7.54. The highest BCUT2D eigenvalue weighted by molar-refractivity contribution is 7.99. The Hall–Kier alpha value is -2.34. The molecule has 0 aliphatic rings. The van der Waals surface area contributed by atoms with Crippen molar-refractivity contribution in [3.63, 3.8) is 0 Å². The Morgan fingerprint density at radius 2 is 2.00 bits per heavy atom. The van der Waals surface area contributed by atoms with Crippen molar-refractivity contribution in [1.29, 1.82) is 5.41 Å². The predicted molar refractivity (Wildman–Crippen MR) is 84.9 cm³/mol. The first kappa shape index (κ1) is 13.6. The zero-order valence-electron chi connectivity index (χ0n) is 11.8. The summed E-state index contributed by atoms with van der Waals surface area (Å²) in [4.78, 5) is 12.3. The molecule has 0 aliphatic heterocycles. The standard InChI is InChI=1S/C15H15N5S/c1-8-3-4-11-12(5-8)20-15(19-11)21-13-7-10(14(16)17)6-9(2)18-13/h3-7H,1-2H3,(H3,16,17)(H,19,20). The molecular formula is C15H15N5S. The Bertz CT molecular complexity index is 837. The van der Waals surface area contributed by atoms with Crippen molar-refractivity contribution < 1.29 is 0 Å². The van der Waals surface area contributed by atoms with Crippen LogP contribution in [0.25, 0.3) is 11.0 Å². The van der Waals surface area contributed by atoms with Crippen molar-refractivity contribution in [3.8, 4) is 0 Å². The molecule has 0 bridgehead atoms. The Balaban J connectivity index is 1.96. The molecule has 0 fully saturated rings. The van der Waals surface area contributed by atoms with E-state index in [1.807, 2.05) is 26.0 Å². The van der Waals surface area contributed by atoms with Crippen LogP contribution in [-0.4, -0.2) is 20.8 Å². The molecule has 4 N–H and O–H groups in total. The van der Waals surface area contributed by atoms with Gasteiger partial charge in [0.15, 0.2) is 5.16 Å². The summed E-state index contributed by atoms with van der Waals surface area (Å²) in [5.41, 5.74) is 10.2. The van der Waals surface area contributed by atoms with Crippen LogP contribution in [0.5, 0.6) is 0 Å². The fourth-order valence-electron chi connectivity index (χ4n) is 2.09. The van der Waals surface area contributed by atoms with Gasteiger partial charge in [0.2, 0.25) is 0 Å². The molecule has 5 nitrogen and oxygen atoms in total. The Morgan fingerprint density at radius 3 is 2.76 bits per heavy atom. The van der Waals surface area contributed by atoms with Gasteiger partial charge in [0.05, 0.1) is 11.0 Å². The molecule has 21 heavy (non-hydrogen) atoms. The number of imidazole rings is 1. The summed E-state index contributed by atoms with van der Waals surface area (Å²) in [7, 11) is 0. The summed E-state index contributed by atoms with van der Waals surface area (Å²) in [6, 6.07) is 9.70. The van der Waals surface area contributed by atoms with Crippen LogP contribution in [0, 0.1) is 19.3 Å². The minimum absolute atomic E-state index is 0.0441. The minimum atomic E-state index is 0.0441. The van der Waals surface area contributed by atoms with Crippen LogP contribution >= 0.6 is 11.8 Å². The number of pyridine rings is 1. The predicted octanol–water partition coefficient (Wildman–Crippen LogP) is 3.01. The molecule has 0 saturated heterocycles. The van der Waals surface area contributed by atoms with Gasteiger partial charge in [-0.15, -0.1) is 0 Å². The van der Waals surface area contributed by atoms with E-state index in [-0.39, 0.29) is 5.84 Å². The molecule has 3 aromatic rings. The number of aromatic amines is 1. The van der Waals surface area contributed by atoms with Gasteiger partial charge in [-0.25, -0.2) is 9.97 Å². The summed E-state index contributed by atoms with van der Waals surface area (Å²) in [5, 5.41) is 9.09. The van der Waals surface area contributed by atoms with E-state index < -0.39 is 0 Å². The number of H-pyrrole nitrogens is 1. The third-order valence-corrected chi connectivity index (χ3v) is 3.86. The van der Waals surface area contributed by atoms with Crippen LogP contribution in [-0.2, 0) is 0 Å². The molecule has 2 heterocycles. The van der Waals surface area contributed by atoms with Crippen LogP contribution in [0.3, 0.4) is 0 Å². The molecule has 2 aromatic heterocycles. The van der Waals surface area contributed by atoms with Gasteiger partial charge in [-0.3, -0.25) is 5.41 Å². The number of hydrogen-bond donors (Lipinski definition) is 3. The molecule has 0 atom stereocenters. The van der Waals surface area contributed by atoms with Crippen LogP contribution in [0.4, 0.5) is 0 Å². The molecule has 0 spiro atoms. The number of nitrogen functional groups attached to an aromatic ring is 1. The number of fused-ring (bicyclic) bond motifs is 1. The van der Waals surface area contributed by atoms with Crippen molar-refractivity contribution in [3.05, 3.63) is 47.2 Å². The lowest BCUT2D eigenvalue weighted by Crippen LogP contribution is -2.11. The van der Waals surface area contributed by atoms with E-state index in [0.29, 0.717) is 5.56 Å². The average Bonchev–Trinajstić information content (AvgIpc) is 2.79. The molecule has 6 heteroatoms. The van der Waals surface area contributed by atoms with Gasteiger partial charge >= 0.3 is 0 Å². The number of hydrogen-bond acceptors (Lipinski definition) is 4. The van der Waals surface area contributed by atoms with Crippen molar-refractivity contribution in [2.45, 2.75) is 24.0 Å². The first-order valence-electron chi connectivity index (χ1n) is 6.48. The fraction of sp³-hybridized carbons (Fsp3) is 0.133. The second-order valence-electron chi connectivity index (χ2n) is 4.91. The third-order valence-electron chi connectivity index (χ3n) is 3.06. The normalized spacial score (nSPS) is 11.0. The van der Waals surface area contributed by atoms with E-state index in [4.69, 9.17) is 11.1 Å². The third kappa shape index (κ3) is 2.90. The number of aryl methyl sites for hydroxylation is 2. The number of benzene rings is 1. The van der Waals surface area contributed by atoms with Gasteiger partial charge < -0.3 is 10.7 Å². The molecule has 0 aliphatic carbocycles. The second kappa shape index (κ2) is 5.21. The van der Waals surface area contributed by atoms with Gasteiger partial charge in [0.25, 0.3) is 0 Å². The summed E-state index contributed by atoms with van der Waals surface area (Å²) in [5.74, 6) is 0.0441. The molecule has 3 rings (SSSR count). The Kier molecular flexibility index (Phi) is 3.39. The van der Waals surface area contributed by atoms with Gasteiger partial charge in [-0.2, -0.15) is 0 Å². The van der Waals surface area contributed by atoms with Gasteiger partial charge in [-0.05, 0) is 55.4 Å². The quantitative estimate of drug-likeness (QED) is 0.512. The maximum Gasteiger partial charge on any atom is 0.172 e. The minimum Gasteiger partial charge on any atom is -0.384 e. The summed E-state index contributed by atoms with van der Waals surface area (Å²) in [6.07, 6.45) is 0. The SMILES string of the molecule is Cc1ccc2nc(Sc3cc(C(=N)N)cc(C)n3)[nH]c2c1. The lowest BCUT2D eigenvalue weighted by molar-refractivity contribution is 1.03. The van der Waals surface area contributed by atoms with Crippen molar-refractivity contribution in [2.24, 2.45) is 5.73 Å². The highest BCUT2D eigenvalue weighted by Gasteiger charge is 2.08. The van der Waals surface area contributed by atoms with E-state index in [2.05, 4.69) is 21.0 Å². The first-order valence-corrected chi connectivity index (χ1v) is 7.30. The van der Waals surface area contributed by atoms with E-state index in [0.717, 1.165) is 26.9 Å². The number of nitrogens with two attached hydrogens (primary N) is 1. The molecule has 0 amide bonds. The smallest absolute Gasteiger partial charge is 0.172 e. The van der Waals surface area contributed by atoms with Gasteiger partial charge in [0, 0.05) is 11.3 Å². The second-order valence-corrected chi connectivity index (χ2v) is 5.92. The Morgan fingerprint density at radius 1 is 1.19 bits per heavy atom. The summed E-state index contributed by atoms with van der Waals surface area (Å²) in [6.45, 7) is 3.94. The summed E-state index contributed by atoms with van der Waals surface area (Å²) < 4.78 is 0. The highest BCUT2D eigenvalue weighted by Crippen LogP contribution is 2.27. The molecular weight excluding hydrogens is 282 g/mol. The topological polar surface area (TPSA) is 91.4 Å². The number of nitrogens with one attached hydrogen (secondary N) is 2. The Labute approximate surface area is 126 Å². The molecule has 1 aromatic carbocycles. The van der Waals surface area contributed by atoms with Crippen molar-refractivity contribution in [1.82, 2.24) is 15.0 Å². The highest BCUT2D eigenvalue weighted by atomic mass is 32.2. The number of nitrogens with zero attached hydrogens (tertiary/aromatic N) is 2. The first-order chi connectivity index (χ1) is 10.0. The zero-order chi connectivity index (χ0) is 15.0. The van der Waals surface area contributed by atoms with Gasteiger partial charge in [-0.1, -0.05) is 6.07 Å². The van der Waals surface area contributed by atoms with Crippen LogP contribution in [0.15, 0.2) is 40.5 Å². The average molecular weight is 297 g/mol. The fourth-order valence-corrected chi connectivity index (χ4v) is 2.97. The monoisotopic (exact) mass is 297 g/mol. The molecule has 0 saturated carbocycles. The van der Waals surface area contributed by atoms with Crippen molar-refractivity contribution >= 4 is 28.6 Å². The van der Waals surface area contributed by atoms with E-state index >= 15 is 0 Å². The zero-order valence-corrected chi connectivity index (χ0v) is 12.6. The lowest BCUT2D eigenvalue weighted by atomic mass is 10.2. The van der Waals surface area contributed by atoms with Crippen molar-refractivity contribution in [2.75, 3.05) is 0 Å². The van der Waals surface area contributed by atoms with E-state index in [1.54, 1.807) is 12.1 Å². The maximum absolute atomic E-state index is 7.54. The van der Waals surface area contributed by atoms with Crippen LogP contribution < -0.4 is 5.73 Å². The number of amidine groups is 1.